The van der Waals surface area contributed by atoms with Crippen molar-refractivity contribution < 1.29 is 18.0 Å². The maximum absolute atomic E-state index is 12.4. The van der Waals surface area contributed by atoms with Gasteiger partial charge < -0.3 is 0 Å². The Morgan fingerprint density at radius 3 is 2.47 bits per heavy atom. The van der Waals surface area contributed by atoms with Crippen molar-refractivity contribution in [3.05, 3.63) is 34.3 Å². The summed E-state index contributed by atoms with van der Waals surface area (Å²) >= 11 is 8.89. The van der Waals surface area contributed by atoms with Crippen LogP contribution in [0.15, 0.2) is 18.2 Å². The number of ketones is 1. The standard InChI is InChI=1S/C11H9BrClF3O/c1-6(17)9(12)4-7-2-3-8(5-10(7)13)11(14,15)16/h2-3,5,9H,4H2,1H3. The topological polar surface area (TPSA) is 17.1 Å². The Balaban J connectivity index is 2.95. The van der Waals surface area contributed by atoms with Gasteiger partial charge in [0.2, 0.25) is 0 Å². The molecule has 1 atom stereocenters. The molecular formula is C11H9BrClF3O. The van der Waals surface area contributed by atoms with E-state index in [0.29, 0.717) is 5.56 Å². The molecule has 0 saturated heterocycles. The number of Topliss-reactive ketones (excluding diaryl/α,β-unsaturated/α-hetero) is 1. The van der Waals surface area contributed by atoms with Gasteiger partial charge in [-0.2, -0.15) is 13.2 Å². The average molecular weight is 330 g/mol. The lowest BCUT2D eigenvalue weighted by Gasteiger charge is -2.11. The highest BCUT2D eigenvalue weighted by molar-refractivity contribution is 9.10. The summed E-state index contributed by atoms with van der Waals surface area (Å²) in [6.45, 7) is 1.40. The highest BCUT2D eigenvalue weighted by Crippen LogP contribution is 2.32. The van der Waals surface area contributed by atoms with Gasteiger partial charge >= 0.3 is 6.18 Å². The lowest BCUT2D eigenvalue weighted by Crippen LogP contribution is -2.13. The molecule has 1 unspecified atom stereocenters. The van der Waals surface area contributed by atoms with Gasteiger partial charge in [-0.1, -0.05) is 33.6 Å². The summed E-state index contributed by atoms with van der Waals surface area (Å²) in [7, 11) is 0. The molecule has 0 amide bonds. The number of hydrogen-bond acceptors (Lipinski definition) is 1. The minimum Gasteiger partial charge on any atom is -0.299 e. The van der Waals surface area contributed by atoms with Crippen LogP contribution in [0.2, 0.25) is 5.02 Å². The minimum atomic E-state index is -4.41. The molecule has 0 saturated carbocycles. The van der Waals surface area contributed by atoms with Crippen molar-refractivity contribution in [1.82, 2.24) is 0 Å². The van der Waals surface area contributed by atoms with E-state index in [1.165, 1.54) is 13.0 Å². The zero-order chi connectivity index (χ0) is 13.2. The van der Waals surface area contributed by atoms with E-state index in [1.807, 2.05) is 0 Å². The first-order chi connectivity index (χ1) is 7.71. The molecule has 0 aliphatic rings. The van der Waals surface area contributed by atoms with Gasteiger partial charge in [0, 0.05) is 5.02 Å². The quantitative estimate of drug-likeness (QED) is 0.758. The Morgan fingerprint density at radius 1 is 1.47 bits per heavy atom. The van der Waals surface area contributed by atoms with Crippen LogP contribution in [0.3, 0.4) is 0 Å². The molecule has 0 aliphatic heterocycles. The molecule has 1 aromatic rings. The van der Waals surface area contributed by atoms with Crippen molar-refractivity contribution in [1.29, 1.82) is 0 Å². The van der Waals surface area contributed by atoms with E-state index in [-0.39, 0.29) is 17.2 Å². The van der Waals surface area contributed by atoms with Crippen molar-refractivity contribution in [2.24, 2.45) is 0 Å². The highest BCUT2D eigenvalue weighted by Gasteiger charge is 2.31. The van der Waals surface area contributed by atoms with Gasteiger partial charge in [-0.05, 0) is 31.0 Å². The molecule has 17 heavy (non-hydrogen) atoms. The number of carbonyl (C=O) groups is 1. The third-order valence-corrected chi connectivity index (χ3v) is 3.54. The molecule has 1 aromatic carbocycles. The Bertz CT molecular complexity index is 431. The molecule has 0 N–H and O–H groups in total. The van der Waals surface area contributed by atoms with Gasteiger partial charge in [-0.15, -0.1) is 0 Å². The molecule has 0 spiro atoms. The van der Waals surface area contributed by atoms with E-state index in [4.69, 9.17) is 11.6 Å². The fourth-order valence-electron chi connectivity index (χ4n) is 1.23. The summed E-state index contributed by atoms with van der Waals surface area (Å²) in [5, 5.41) is 0.0190. The summed E-state index contributed by atoms with van der Waals surface area (Å²) < 4.78 is 37.1. The third-order valence-electron chi connectivity index (χ3n) is 2.22. The number of hydrogen-bond donors (Lipinski definition) is 0. The molecule has 94 valence electrons. The van der Waals surface area contributed by atoms with Gasteiger partial charge in [0.05, 0.1) is 10.4 Å². The molecule has 6 heteroatoms. The first-order valence-corrected chi connectivity index (χ1v) is 6.01. The Kier molecular flexibility index (Phi) is 4.61. The van der Waals surface area contributed by atoms with Crippen LogP contribution in [-0.4, -0.2) is 10.6 Å². The summed E-state index contributed by atoms with van der Waals surface area (Å²) in [5.74, 6) is -0.0963. The zero-order valence-electron chi connectivity index (χ0n) is 8.81. The van der Waals surface area contributed by atoms with Crippen molar-refractivity contribution in [2.75, 3.05) is 0 Å². The summed E-state index contributed by atoms with van der Waals surface area (Å²) in [6.07, 6.45) is -4.14. The summed E-state index contributed by atoms with van der Waals surface area (Å²) in [5.41, 5.74) is -0.281. The molecule has 0 aliphatic carbocycles. The largest absolute Gasteiger partial charge is 0.416 e. The predicted octanol–water partition coefficient (Wildman–Crippen LogP) is 4.25. The van der Waals surface area contributed by atoms with Gasteiger partial charge in [0.1, 0.15) is 5.78 Å². The fourth-order valence-corrected chi connectivity index (χ4v) is 1.83. The van der Waals surface area contributed by atoms with E-state index in [2.05, 4.69) is 15.9 Å². The second-order valence-corrected chi connectivity index (χ2v) is 5.10. The Labute approximate surface area is 110 Å². The van der Waals surface area contributed by atoms with E-state index in [0.717, 1.165) is 12.1 Å². The first-order valence-electron chi connectivity index (χ1n) is 4.72. The SMILES string of the molecule is CC(=O)C(Br)Cc1ccc(C(F)(F)F)cc1Cl. The summed E-state index contributed by atoms with van der Waals surface area (Å²) in [4.78, 5) is 10.6. The van der Waals surface area contributed by atoms with Crippen LogP contribution in [0.25, 0.3) is 0 Å². The second-order valence-electron chi connectivity index (χ2n) is 3.59. The van der Waals surface area contributed by atoms with Crippen molar-refractivity contribution in [3.63, 3.8) is 0 Å². The zero-order valence-corrected chi connectivity index (χ0v) is 11.2. The molecule has 0 fully saturated rings. The summed E-state index contributed by atoms with van der Waals surface area (Å²) in [6, 6.07) is 3.13. The van der Waals surface area contributed by atoms with Crippen LogP contribution in [0.4, 0.5) is 13.2 Å². The van der Waals surface area contributed by atoms with E-state index in [9.17, 15) is 18.0 Å². The Hall–Kier alpha value is -0.550. The Morgan fingerprint density at radius 2 is 2.06 bits per heavy atom. The van der Waals surface area contributed by atoms with Gasteiger partial charge in [0.15, 0.2) is 0 Å². The number of halogens is 5. The van der Waals surface area contributed by atoms with E-state index in [1.54, 1.807) is 0 Å². The fraction of sp³-hybridized carbons (Fsp3) is 0.364. The number of rotatable bonds is 3. The molecule has 0 heterocycles. The molecule has 0 radical (unpaired) electrons. The molecular weight excluding hydrogens is 320 g/mol. The number of benzene rings is 1. The van der Waals surface area contributed by atoms with Gasteiger partial charge in [-0.25, -0.2) is 0 Å². The molecule has 1 nitrogen and oxygen atoms in total. The first kappa shape index (κ1) is 14.5. The van der Waals surface area contributed by atoms with Crippen molar-refractivity contribution >= 4 is 33.3 Å². The predicted molar refractivity (Wildman–Crippen MR) is 63.6 cm³/mol. The van der Waals surface area contributed by atoms with Gasteiger partial charge in [0.25, 0.3) is 0 Å². The van der Waals surface area contributed by atoms with E-state index >= 15 is 0 Å². The molecule has 0 bridgehead atoms. The second kappa shape index (κ2) is 5.40. The highest BCUT2D eigenvalue weighted by atomic mass is 79.9. The normalized spacial score (nSPS) is 13.5. The van der Waals surface area contributed by atoms with Crippen molar-refractivity contribution in [3.8, 4) is 0 Å². The lowest BCUT2D eigenvalue weighted by atomic mass is 10.1. The van der Waals surface area contributed by atoms with Crippen LogP contribution in [0, 0.1) is 0 Å². The lowest BCUT2D eigenvalue weighted by molar-refractivity contribution is -0.137. The number of carbonyl (C=O) groups excluding carboxylic acids is 1. The maximum Gasteiger partial charge on any atom is 0.416 e. The molecule has 1 rings (SSSR count). The van der Waals surface area contributed by atoms with Crippen LogP contribution >= 0.6 is 27.5 Å². The minimum absolute atomic E-state index is 0.0190. The van der Waals surface area contributed by atoms with Crippen LogP contribution in [0.5, 0.6) is 0 Å². The van der Waals surface area contributed by atoms with Crippen LogP contribution < -0.4 is 0 Å². The van der Waals surface area contributed by atoms with Crippen LogP contribution in [0.1, 0.15) is 18.1 Å². The monoisotopic (exact) mass is 328 g/mol. The third kappa shape index (κ3) is 4.00. The average Bonchev–Trinajstić information content (AvgIpc) is 2.19. The number of alkyl halides is 4. The van der Waals surface area contributed by atoms with Gasteiger partial charge in [-0.3, -0.25) is 4.79 Å². The van der Waals surface area contributed by atoms with Crippen LogP contribution in [-0.2, 0) is 17.4 Å². The van der Waals surface area contributed by atoms with Crippen molar-refractivity contribution in [2.45, 2.75) is 24.3 Å². The smallest absolute Gasteiger partial charge is 0.299 e. The van der Waals surface area contributed by atoms with E-state index < -0.39 is 16.6 Å². The maximum atomic E-state index is 12.4. The molecule has 0 aromatic heterocycles.